The van der Waals surface area contributed by atoms with E-state index >= 15 is 0 Å². The summed E-state index contributed by atoms with van der Waals surface area (Å²) in [6.07, 6.45) is 1.45. The van der Waals surface area contributed by atoms with Crippen molar-refractivity contribution in [3.05, 3.63) is 89.2 Å². The Kier molecular flexibility index (Phi) is 5.38. The molecular weight excluding hydrogens is 370 g/mol. The Balaban J connectivity index is 1.36. The molecule has 2 heterocycles. The number of nitrogens with one attached hydrogen (secondary N) is 2. The fraction of sp³-hybridized carbons (Fsp3) is 0.136. The Morgan fingerprint density at radius 1 is 0.828 bits per heavy atom. The van der Waals surface area contributed by atoms with Crippen LogP contribution in [0.15, 0.2) is 66.9 Å². The van der Waals surface area contributed by atoms with Gasteiger partial charge in [0.25, 0.3) is 11.8 Å². The van der Waals surface area contributed by atoms with Crippen molar-refractivity contribution < 1.29 is 19.1 Å². The van der Waals surface area contributed by atoms with Crippen molar-refractivity contribution in [1.29, 1.82) is 0 Å². The highest BCUT2D eigenvalue weighted by Crippen LogP contribution is 2.32. The van der Waals surface area contributed by atoms with Crippen molar-refractivity contribution in [2.24, 2.45) is 0 Å². The quantitative estimate of drug-likeness (QED) is 0.677. The van der Waals surface area contributed by atoms with E-state index in [0.717, 1.165) is 11.1 Å². The molecule has 0 aliphatic carbocycles. The van der Waals surface area contributed by atoms with Gasteiger partial charge in [-0.25, -0.2) is 0 Å². The first-order valence-corrected chi connectivity index (χ1v) is 9.14. The number of hydrogen-bond donors (Lipinski definition) is 2. The fourth-order valence-electron chi connectivity index (χ4n) is 2.90. The normalized spacial score (nSPS) is 11.7. The summed E-state index contributed by atoms with van der Waals surface area (Å²) in [5.74, 6) is 0.736. The minimum absolute atomic E-state index is 0.191. The zero-order valence-electron chi connectivity index (χ0n) is 15.6. The average molecular weight is 389 g/mol. The first kappa shape index (κ1) is 18.5. The highest BCUT2D eigenvalue weighted by Gasteiger charge is 2.15. The Morgan fingerprint density at radius 2 is 1.59 bits per heavy atom. The first-order chi connectivity index (χ1) is 14.2. The number of fused-ring (bicyclic) bond motifs is 1. The molecule has 0 saturated carbocycles. The molecule has 0 radical (unpaired) electrons. The van der Waals surface area contributed by atoms with E-state index in [0.29, 0.717) is 30.2 Å². The van der Waals surface area contributed by atoms with Gasteiger partial charge in [-0.2, -0.15) is 0 Å². The molecule has 0 bridgehead atoms. The maximum absolute atomic E-state index is 12.5. The number of pyridine rings is 1. The Hall–Kier alpha value is -3.87. The molecule has 0 spiro atoms. The van der Waals surface area contributed by atoms with Gasteiger partial charge in [-0.15, -0.1) is 0 Å². The number of benzene rings is 2. The third-order valence-electron chi connectivity index (χ3n) is 4.44. The van der Waals surface area contributed by atoms with Gasteiger partial charge in [-0.05, 0) is 35.4 Å². The number of carbonyl (C=O) groups is 2. The Bertz CT molecular complexity index is 1040. The van der Waals surface area contributed by atoms with Gasteiger partial charge in [0.15, 0.2) is 11.5 Å². The molecule has 0 atom stereocenters. The smallest absolute Gasteiger partial charge is 0.270 e. The van der Waals surface area contributed by atoms with Gasteiger partial charge in [-0.3, -0.25) is 14.6 Å². The topological polar surface area (TPSA) is 89.6 Å². The van der Waals surface area contributed by atoms with Gasteiger partial charge in [0.2, 0.25) is 6.79 Å². The Labute approximate surface area is 167 Å². The van der Waals surface area contributed by atoms with Gasteiger partial charge in [0.05, 0.1) is 0 Å². The Morgan fingerprint density at radius 3 is 2.45 bits per heavy atom. The molecule has 2 N–H and O–H groups in total. The van der Waals surface area contributed by atoms with Crippen LogP contribution in [0.2, 0.25) is 0 Å². The monoisotopic (exact) mass is 389 g/mol. The van der Waals surface area contributed by atoms with Crippen LogP contribution >= 0.6 is 0 Å². The van der Waals surface area contributed by atoms with Crippen LogP contribution in [0, 0.1) is 0 Å². The molecule has 29 heavy (non-hydrogen) atoms. The first-order valence-electron chi connectivity index (χ1n) is 9.14. The molecular formula is C22H19N3O4. The third kappa shape index (κ3) is 4.52. The van der Waals surface area contributed by atoms with Gasteiger partial charge in [0.1, 0.15) is 5.69 Å². The molecule has 7 heteroatoms. The summed E-state index contributed by atoms with van der Waals surface area (Å²) in [5, 5.41) is 5.64. The molecule has 0 saturated heterocycles. The second kappa shape index (κ2) is 8.43. The van der Waals surface area contributed by atoms with E-state index in [2.05, 4.69) is 15.6 Å². The molecule has 7 nitrogen and oxygen atoms in total. The van der Waals surface area contributed by atoms with Gasteiger partial charge < -0.3 is 20.1 Å². The molecule has 4 rings (SSSR count). The summed E-state index contributed by atoms with van der Waals surface area (Å²) in [7, 11) is 0. The minimum atomic E-state index is -0.334. The van der Waals surface area contributed by atoms with E-state index in [4.69, 9.17) is 9.47 Å². The van der Waals surface area contributed by atoms with E-state index in [1.807, 2.05) is 48.5 Å². The van der Waals surface area contributed by atoms with Crippen molar-refractivity contribution in [3.8, 4) is 11.5 Å². The van der Waals surface area contributed by atoms with Crippen LogP contribution < -0.4 is 20.1 Å². The summed E-state index contributed by atoms with van der Waals surface area (Å²) in [6, 6.07) is 18.1. The number of nitrogens with zero attached hydrogens (tertiary/aromatic N) is 1. The molecule has 2 aromatic carbocycles. The van der Waals surface area contributed by atoms with Crippen molar-refractivity contribution in [3.63, 3.8) is 0 Å². The molecule has 1 aliphatic heterocycles. The van der Waals surface area contributed by atoms with Gasteiger partial charge in [0, 0.05) is 24.8 Å². The maximum Gasteiger partial charge on any atom is 0.270 e. The number of carbonyl (C=O) groups excluding carboxylic acids is 2. The summed E-state index contributed by atoms with van der Waals surface area (Å²) < 4.78 is 10.6. The van der Waals surface area contributed by atoms with E-state index in [1.165, 1.54) is 12.3 Å². The van der Waals surface area contributed by atoms with Crippen LogP contribution in [0.4, 0.5) is 0 Å². The lowest BCUT2D eigenvalue weighted by molar-refractivity contribution is 0.0946. The second-order valence-corrected chi connectivity index (χ2v) is 6.47. The largest absolute Gasteiger partial charge is 0.454 e. The predicted octanol–water partition coefficient (Wildman–Crippen LogP) is 2.67. The summed E-state index contributed by atoms with van der Waals surface area (Å²) in [6.45, 7) is 0.923. The maximum atomic E-state index is 12.5. The minimum Gasteiger partial charge on any atom is -0.454 e. The standard InChI is InChI=1S/C22H19N3O4/c26-21(24-13-16-6-7-19-20(10-16)29-14-28-19)17-8-9-23-18(11-17)22(27)25-12-15-4-2-1-3-5-15/h1-11H,12-14H2,(H,24,26)(H,25,27). The molecule has 0 unspecified atom stereocenters. The summed E-state index contributed by atoms with van der Waals surface area (Å²) >= 11 is 0. The van der Waals surface area contributed by atoms with Gasteiger partial charge >= 0.3 is 0 Å². The lowest BCUT2D eigenvalue weighted by Gasteiger charge is -2.08. The predicted molar refractivity (Wildman–Crippen MR) is 106 cm³/mol. The molecule has 1 aromatic heterocycles. The second-order valence-electron chi connectivity index (χ2n) is 6.47. The highest BCUT2D eigenvalue weighted by molar-refractivity contribution is 5.98. The van der Waals surface area contributed by atoms with Crippen LogP contribution in [0.25, 0.3) is 0 Å². The number of rotatable bonds is 6. The number of hydrogen-bond acceptors (Lipinski definition) is 5. The van der Waals surface area contributed by atoms with E-state index in [9.17, 15) is 9.59 Å². The van der Waals surface area contributed by atoms with E-state index in [1.54, 1.807) is 6.07 Å². The van der Waals surface area contributed by atoms with Crippen molar-refractivity contribution >= 4 is 11.8 Å². The van der Waals surface area contributed by atoms with Crippen LogP contribution in [0.1, 0.15) is 32.0 Å². The third-order valence-corrected chi connectivity index (χ3v) is 4.44. The highest BCUT2D eigenvalue weighted by atomic mass is 16.7. The van der Waals surface area contributed by atoms with Crippen molar-refractivity contribution in [1.82, 2.24) is 15.6 Å². The summed E-state index contributed by atoms with van der Waals surface area (Å²) in [4.78, 5) is 28.9. The molecule has 1 aliphatic rings. The van der Waals surface area contributed by atoms with Crippen LogP contribution in [0.3, 0.4) is 0 Å². The van der Waals surface area contributed by atoms with Crippen molar-refractivity contribution in [2.75, 3.05) is 6.79 Å². The van der Waals surface area contributed by atoms with Crippen LogP contribution in [-0.4, -0.2) is 23.6 Å². The lowest BCUT2D eigenvalue weighted by atomic mass is 10.1. The molecule has 3 aromatic rings. The average Bonchev–Trinajstić information content (AvgIpc) is 3.24. The lowest BCUT2D eigenvalue weighted by Crippen LogP contribution is -2.26. The molecule has 2 amide bonds. The summed E-state index contributed by atoms with van der Waals surface area (Å²) in [5.41, 5.74) is 2.43. The zero-order valence-corrected chi connectivity index (χ0v) is 15.6. The number of ether oxygens (including phenoxy) is 2. The van der Waals surface area contributed by atoms with Crippen molar-refractivity contribution in [2.45, 2.75) is 13.1 Å². The SMILES string of the molecule is O=C(NCc1ccc2c(c1)OCO2)c1ccnc(C(=O)NCc2ccccc2)c1. The van der Waals surface area contributed by atoms with E-state index < -0.39 is 0 Å². The fourth-order valence-corrected chi connectivity index (χ4v) is 2.90. The number of amides is 2. The van der Waals surface area contributed by atoms with Crippen LogP contribution in [0.5, 0.6) is 11.5 Å². The number of aromatic nitrogens is 1. The molecule has 0 fully saturated rings. The van der Waals surface area contributed by atoms with Gasteiger partial charge in [-0.1, -0.05) is 36.4 Å². The molecule has 146 valence electrons. The zero-order chi connectivity index (χ0) is 20.1. The van der Waals surface area contributed by atoms with E-state index in [-0.39, 0.29) is 24.3 Å². The van der Waals surface area contributed by atoms with Crippen LogP contribution in [-0.2, 0) is 13.1 Å².